The molecule has 0 bridgehead atoms. The largest absolute Gasteiger partial charge is 0.449 e. The lowest BCUT2D eigenvalue weighted by Gasteiger charge is -2.32. The van der Waals surface area contributed by atoms with Crippen LogP contribution in [0.2, 0.25) is 0 Å². The fourth-order valence-corrected chi connectivity index (χ4v) is 3.42. The fraction of sp³-hybridized carbons (Fsp3) is 0.529. The molecule has 0 N–H and O–H groups in total. The molecule has 0 radical (unpaired) electrons. The van der Waals surface area contributed by atoms with Crippen LogP contribution in [0.4, 0.5) is 0 Å². The highest BCUT2D eigenvalue weighted by Crippen LogP contribution is 2.18. The second kappa shape index (κ2) is 7.79. The van der Waals surface area contributed by atoms with E-state index >= 15 is 0 Å². The number of carbonyl (C=O) groups is 2. The van der Waals surface area contributed by atoms with Crippen molar-refractivity contribution in [1.29, 1.82) is 0 Å². The Kier molecular flexibility index (Phi) is 6.54. The summed E-state index contributed by atoms with van der Waals surface area (Å²) in [6, 6.07) is 5.71. The molecule has 0 aromatic heterocycles. The van der Waals surface area contributed by atoms with Crippen LogP contribution in [0, 0.1) is 0 Å². The van der Waals surface area contributed by atoms with Crippen LogP contribution in [0.25, 0.3) is 0 Å². The van der Waals surface area contributed by atoms with E-state index in [1.807, 2.05) is 27.7 Å². The number of benzene rings is 1. The van der Waals surface area contributed by atoms with Gasteiger partial charge in [-0.3, -0.25) is 4.79 Å². The van der Waals surface area contributed by atoms with Crippen molar-refractivity contribution in [2.24, 2.45) is 0 Å². The number of nitrogens with zero attached hydrogens (tertiary/aromatic N) is 1. The Morgan fingerprint density at radius 1 is 1.00 bits per heavy atom. The first kappa shape index (κ1) is 20.2. The predicted octanol–water partition coefficient (Wildman–Crippen LogP) is 2.28. The molecule has 134 valence electrons. The standard InChI is InChI=1S/C17H25NO5S/c1-11(2)18(12(3)4)16(19)13(5)23-17(20)14-9-7-8-10-15(14)24(6,21)22/h7-13H,1-6H3/t13-/m0/s1. The molecule has 0 fully saturated rings. The molecule has 1 aromatic rings. The highest BCUT2D eigenvalue weighted by molar-refractivity contribution is 7.90. The van der Waals surface area contributed by atoms with E-state index in [1.54, 1.807) is 11.0 Å². The number of hydrogen-bond donors (Lipinski definition) is 0. The first-order valence-electron chi connectivity index (χ1n) is 7.79. The second-order valence-electron chi connectivity index (χ2n) is 6.25. The lowest BCUT2D eigenvalue weighted by Crippen LogP contribution is -2.47. The van der Waals surface area contributed by atoms with E-state index in [2.05, 4.69) is 0 Å². The van der Waals surface area contributed by atoms with Gasteiger partial charge in [-0.25, -0.2) is 13.2 Å². The van der Waals surface area contributed by atoms with Gasteiger partial charge in [0.15, 0.2) is 15.9 Å². The van der Waals surface area contributed by atoms with Gasteiger partial charge in [0.25, 0.3) is 5.91 Å². The predicted molar refractivity (Wildman–Crippen MR) is 91.5 cm³/mol. The third-order valence-electron chi connectivity index (χ3n) is 3.51. The molecule has 0 spiro atoms. The highest BCUT2D eigenvalue weighted by Gasteiger charge is 2.29. The van der Waals surface area contributed by atoms with Crippen molar-refractivity contribution in [2.75, 3.05) is 6.26 Å². The zero-order valence-electron chi connectivity index (χ0n) is 14.9. The smallest absolute Gasteiger partial charge is 0.340 e. The van der Waals surface area contributed by atoms with E-state index in [0.717, 1.165) is 6.26 Å². The first-order valence-corrected chi connectivity index (χ1v) is 9.68. The Hall–Kier alpha value is -1.89. The van der Waals surface area contributed by atoms with Crippen LogP contribution < -0.4 is 0 Å². The number of esters is 1. The summed E-state index contributed by atoms with van der Waals surface area (Å²) in [6.07, 6.45) is 0.0161. The van der Waals surface area contributed by atoms with Gasteiger partial charge >= 0.3 is 5.97 Å². The van der Waals surface area contributed by atoms with Crippen LogP contribution >= 0.6 is 0 Å². The highest BCUT2D eigenvalue weighted by atomic mass is 32.2. The minimum absolute atomic E-state index is 0.0399. The van der Waals surface area contributed by atoms with Gasteiger partial charge in [0.2, 0.25) is 0 Å². The average molecular weight is 355 g/mol. The molecule has 0 saturated heterocycles. The van der Waals surface area contributed by atoms with Crippen LogP contribution in [0.3, 0.4) is 0 Å². The minimum Gasteiger partial charge on any atom is -0.449 e. The van der Waals surface area contributed by atoms with Crippen LogP contribution in [-0.4, -0.2) is 49.6 Å². The summed E-state index contributed by atoms with van der Waals surface area (Å²) >= 11 is 0. The summed E-state index contributed by atoms with van der Waals surface area (Å²) in [5.74, 6) is -1.14. The van der Waals surface area contributed by atoms with Crippen LogP contribution in [0.5, 0.6) is 0 Å². The number of hydrogen-bond acceptors (Lipinski definition) is 5. The molecule has 1 atom stereocenters. The lowest BCUT2D eigenvalue weighted by atomic mass is 10.2. The third kappa shape index (κ3) is 4.80. The summed E-state index contributed by atoms with van der Waals surface area (Å²) in [6.45, 7) is 9.01. The van der Waals surface area contributed by atoms with E-state index in [1.165, 1.54) is 25.1 Å². The van der Waals surface area contributed by atoms with Crippen molar-refractivity contribution in [3.8, 4) is 0 Å². The Balaban J connectivity index is 3.02. The molecule has 1 amide bonds. The number of sulfone groups is 1. The molecule has 0 saturated carbocycles. The zero-order valence-corrected chi connectivity index (χ0v) is 15.8. The molecule has 7 heteroatoms. The summed E-state index contributed by atoms with van der Waals surface area (Å²) < 4.78 is 28.8. The molecule has 0 unspecified atom stereocenters. The Bertz CT molecular complexity index is 701. The molecule has 0 aliphatic rings. The van der Waals surface area contributed by atoms with Crippen molar-refractivity contribution in [1.82, 2.24) is 4.90 Å². The number of amides is 1. The molecule has 1 aromatic carbocycles. The first-order chi connectivity index (χ1) is 11.0. The molecule has 6 nitrogen and oxygen atoms in total. The van der Waals surface area contributed by atoms with Gasteiger partial charge < -0.3 is 9.64 Å². The monoisotopic (exact) mass is 355 g/mol. The summed E-state index contributed by atoms with van der Waals surface area (Å²) in [5, 5.41) is 0. The van der Waals surface area contributed by atoms with Crippen molar-refractivity contribution in [3.05, 3.63) is 29.8 Å². The second-order valence-corrected chi connectivity index (χ2v) is 8.23. The summed E-state index contributed by atoms with van der Waals surface area (Å²) in [4.78, 5) is 26.4. The lowest BCUT2D eigenvalue weighted by molar-refractivity contribution is -0.143. The van der Waals surface area contributed by atoms with Crippen LogP contribution in [0.1, 0.15) is 45.0 Å². The molecule has 24 heavy (non-hydrogen) atoms. The van der Waals surface area contributed by atoms with Crippen molar-refractivity contribution in [3.63, 3.8) is 0 Å². The quantitative estimate of drug-likeness (QED) is 0.731. The fourth-order valence-electron chi connectivity index (χ4n) is 2.55. The molecule has 0 heterocycles. The molecule has 0 aliphatic carbocycles. The van der Waals surface area contributed by atoms with Gasteiger partial charge in [0.05, 0.1) is 10.5 Å². The number of rotatable bonds is 6. The molecular formula is C17H25NO5S. The molecule has 1 rings (SSSR count). The van der Waals surface area contributed by atoms with Crippen molar-refractivity contribution in [2.45, 2.75) is 57.7 Å². The minimum atomic E-state index is -3.57. The average Bonchev–Trinajstić information content (AvgIpc) is 2.45. The van der Waals surface area contributed by atoms with E-state index < -0.39 is 21.9 Å². The normalized spacial score (nSPS) is 13.0. The van der Waals surface area contributed by atoms with E-state index in [-0.39, 0.29) is 28.4 Å². The number of carbonyl (C=O) groups excluding carboxylic acids is 2. The maximum Gasteiger partial charge on any atom is 0.340 e. The number of ether oxygens (including phenoxy) is 1. The summed E-state index contributed by atoms with van der Waals surface area (Å²) in [7, 11) is -3.57. The van der Waals surface area contributed by atoms with E-state index in [9.17, 15) is 18.0 Å². The zero-order chi connectivity index (χ0) is 18.7. The Morgan fingerprint density at radius 3 is 1.96 bits per heavy atom. The molecular weight excluding hydrogens is 330 g/mol. The Morgan fingerprint density at radius 2 is 1.50 bits per heavy atom. The molecule has 0 aliphatic heterocycles. The maximum absolute atomic E-state index is 12.5. The van der Waals surface area contributed by atoms with Crippen molar-refractivity contribution < 1.29 is 22.7 Å². The van der Waals surface area contributed by atoms with Gasteiger partial charge in [0.1, 0.15) is 0 Å². The topological polar surface area (TPSA) is 80.8 Å². The van der Waals surface area contributed by atoms with Gasteiger partial charge in [-0.15, -0.1) is 0 Å². The van der Waals surface area contributed by atoms with Gasteiger partial charge in [-0.2, -0.15) is 0 Å². The van der Waals surface area contributed by atoms with Crippen LogP contribution in [0.15, 0.2) is 29.2 Å². The Labute approximate surface area is 143 Å². The van der Waals surface area contributed by atoms with Gasteiger partial charge in [-0.05, 0) is 46.8 Å². The third-order valence-corrected chi connectivity index (χ3v) is 4.66. The van der Waals surface area contributed by atoms with Crippen molar-refractivity contribution >= 4 is 21.7 Å². The maximum atomic E-state index is 12.5. The summed E-state index contributed by atoms with van der Waals surface area (Å²) in [5.41, 5.74) is -0.0692. The van der Waals surface area contributed by atoms with Gasteiger partial charge in [0, 0.05) is 18.3 Å². The van der Waals surface area contributed by atoms with Gasteiger partial charge in [-0.1, -0.05) is 12.1 Å². The van der Waals surface area contributed by atoms with Crippen LogP contribution in [-0.2, 0) is 19.4 Å². The SMILES string of the molecule is CC(C)N(C(=O)[C@H](C)OC(=O)c1ccccc1S(C)(=O)=O)C(C)C. The van der Waals surface area contributed by atoms with E-state index in [0.29, 0.717) is 0 Å². The van der Waals surface area contributed by atoms with E-state index in [4.69, 9.17) is 4.74 Å².